The molecule has 5 rings (SSSR count). The standard InChI is InChI=1S/C21H17F3N8O/c1-11(21(22,23)24)30-20(33)15-8-29-32-4-3-12(5-16(15)32)14-7-25-19-17(14)18(26-10-27-19)13-6-28-31(2)9-13/h3-11H,1-2H3,(H,30,33)(H,25,26,27). The molecule has 0 spiro atoms. The van der Waals surface area contributed by atoms with Crippen LogP contribution in [0.3, 0.4) is 0 Å². The summed E-state index contributed by atoms with van der Waals surface area (Å²) in [6.07, 6.45) is 5.10. The van der Waals surface area contributed by atoms with Crippen LogP contribution in [0.15, 0.2) is 49.4 Å². The molecule has 0 fully saturated rings. The summed E-state index contributed by atoms with van der Waals surface area (Å²) < 4.78 is 41.8. The van der Waals surface area contributed by atoms with Gasteiger partial charge in [0, 0.05) is 36.8 Å². The zero-order valence-corrected chi connectivity index (χ0v) is 17.4. The average Bonchev–Trinajstić information content (AvgIpc) is 3.50. The van der Waals surface area contributed by atoms with Gasteiger partial charge >= 0.3 is 6.18 Å². The molecule has 1 atom stereocenters. The van der Waals surface area contributed by atoms with E-state index >= 15 is 0 Å². The van der Waals surface area contributed by atoms with Gasteiger partial charge in [-0.3, -0.25) is 9.48 Å². The number of alkyl halides is 3. The molecule has 0 radical (unpaired) electrons. The summed E-state index contributed by atoms with van der Waals surface area (Å²) in [6.45, 7) is 0.890. The van der Waals surface area contributed by atoms with E-state index < -0.39 is 18.1 Å². The Morgan fingerprint density at radius 3 is 2.73 bits per heavy atom. The fourth-order valence-electron chi connectivity index (χ4n) is 3.63. The molecule has 0 saturated heterocycles. The van der Waals surface area contributed by atoms with Crippen molar-refractivity contribution in [1.29, 1.82) is 0 Å². The topological polar surface area (TPSA) is 106 Å². The highest BCUT2D eigenvalue weighted by Gasteiger charge is 2.37. The number of nitrogens with one attached hydrogen (secondary N) is 2. The van der Waals surface area contributed by atoms with Gasteiger partial charge in [0.05, 0.1) is 34.6 Å². The molecule has 168 valence electrons. The van der Waals surface area contributed by atoms with E-state index in [2.05, 4.69) is 25.1 Å². The highest BCUT2D eigenvalue weighted by Crippen LogP contribution is 2.34. The van der Waals surface area contributed by atoms with Gasteiger partial charge in [0.1, 0.15) is 18.0 Å². The van der Waals surface area contributed by atoms with Crippen molar-refractivity contribution < 1.29 is 18.0 Å². The number of hydrogen-bond donors (Lipinski definition) is 2. The smallest absolute Gasteiger partial charge is 0.345 e. The van der Waals surface area contributed by atoms with Gasteiger partial charge < -0.3 is 10.3 Å². The highest BCUT2D eigenvalue weighted by molar-refractivity contribution is 6.04. The summed E-state index contributed by atoms with van der Waals surface area (Å²) in [7, 11) is 1.81. The third-order valence-electron chi connectivity index (χ3n) is 5.36. The van der Waals surface area contributed by atoms with Gasteiger partial charge in [-0.05, 0) is 24.6 Å². The predicted octanol–water partition coefficient (Wildman–Crippen LogP) is 3.35. The van der Waals surface area contributed by atoms with E-state index in [9.17, 15) is 18.0 Å². The van der Waals surface area contributed by atoms with Gasteiger partial charge in [-0.2, -0.15) is 23.4 Å². The average molecular weight is 454 g/mol. The molecule has 0 aliphatic carbocycles. The van der Waals surface area contributed by atoms with Crippen LogP contribution in [0, 0.1) is 0 Å². The highest BCUT2D eigenvalue weighted by atomic mass is 19.4. The van der Waals surface area contributed by atoms with Crippen LogP contribution in [0.2, 0.25) is 0 Å². The molecule has 1 amide bonds. The van der Waals surface area contributed by atoms with E-state index in [1.807, 2.05) is 11.5 Å². The van der Waals surface area contributed by atoms with E-state index in [0.717, 1.165) is 23.4 Å². The fraction of sp³-hybridized carbons (Fsp3) is 0.190. The van der Waals surface area contributed by atoms with Crippen LogP contribution < -0.4 is 5.32 Å². The van der Waals surface area contributed by atoms with Crippen LogP contribution >= 0.6 is 0 Å². The summed E-state index contributed by atoms with van der Waals surface area (Å²) in [5.41, 5.74) is 3.98. The van der Waals surface area contributed by atoms with Gasteiger partial charge in [-0.25, -0.2) is 14.5 Å². The van der Waals surface area contributed by atoms with Crippen LogP contribution in [-0.2, 0) is 7.05 Å². The molecule has 0 aliphatic rings. The number of aromatic amines is 1. The molecule has 0 saturated carbocycles. The Hall–Kier alpha value is -4.22. The first-order valence-electron chi connectivity index (χ1n) is 9.89. The van der Waals surface area contributed by atoms with Crippen molar-refractivity contribution in [3.63, 3.8) is 0 Å². The number of aromatic nitrogens is 7. The largest absolute Gasteiger partial charge is 0.408 e. The number of rotatable bonds is 4. The maximum Gasteiger partial charge on any atom is 0.408 e. The molecule has 12 heteroatoms. The second-order valence-electron chi connectivity index (χ2n) is 7.59. The SMILES string of the molecule is CC(NC(=O)c1cnn2ccc(-c3c[nH]c4ncnc(-c5cnn(C)c5)c34)cc12)C(F)(F)F. The summed E-state index contributed by atoms with van der Waals surface area (Å²) in [5, 5.41) is 11.0. The second-order valence-corrected chi connectivity index (χ2v) is 7.59. The van der Waals surface area contributed by atoms with Gasteiger partial charge in [0.15, 0.2) is 0 Å². The third-order valence-corrected chi connectivity index (χ3v) is 5.36. The number of nitrogens with zero attached hydrogens (tertiary/aromatic N) is 6. The molecule has 0 bridgehead atoms. The summed E-state index contributed by atoms with van der Waals surface area (Å²) in [6, 6.07) is 1.50. The number of carbonyl (C=O) groups excluding carboxylic acids is 1. The van der Waals surface area contributed by atoms with E-state index in [1.165, 1.54) is 17.0 Å². The number of halogens is 3. The second kappa shape index (κ2) is 7.43. The molecule has 1 unspecified atom stereocenters. The van der Waals surface area contributed by atoms with Crippen molar-refractivity contribution in [1.82, 2.24) is 39.7 Å². The number of pyridine rings is 1. The van der Waals surface area contributed by atoms with Crippen LogP contribution in [0.25, 0.3) is 38.9 Å². The molecular weight excluding hydrogens is 437 g/mol. The minimum absolute atomic E-state index is 0.0384. The predicted molar refractivity (Wildman–Crippen MR) is 113 cm³/mol. The first-order chi connectivity index (χ1) is 15.7. The Kier molecular flexibility index (Phi) is 4.65. The number of hydrogen-bond acceptors (Lipinski definition) is 5. The molecule has 9 nitrogen and oxygen atoms in total. The maximum atomic E-state index is 12.9. The van der Waals surface area contributed by atoms with Crippen LogP contribution in [-0.4, -0.2) is 52.5 Å². The number of fused-ring (bicyclic) bond motifs is 2. The molecule has 5 aromatic rings. The van der Waals surface area contributed by atoms with Crippen molar-refractivity contribution in [3.05, 3.63) is 55.0 Å². The summed E-state index contributed by atoms with van der Waals surface area (Å²) in [5.74, 6) is -0.856. The van der Waals surface area contributed by atoms with Crippen molar-refractivity contribution in [2.45, 2.75) is 19.1 Å². The zero-order valence-electron chi connectivity index (χ0n) is 17.4. The first kappa shape index (κ1) is 20.7. The molecule has 33 heavy (non-hydrogen) atoms. The Bertz CT molecular complexity index is 1500. The number of H-pyrrole nitrogens is 1. The quantitative estimate of drug-likeness (QED) is 0.433. The van der Waals surface area contributed by atoms with E-state index in [4.69, 9.17) is 0 Å². The minimum Gasteiger partial charge on any atom is -0.345 e. The third kappa shape index (κ3) is 3.58. The van der Waals surface area contributed by atoms with Gasteiger partial charge in [0.25, 0.3) is 5.91 Å². The molecule has 5 aromatic heterocycles. The Morgan fingerprint density at radius 1 is 1.18 bits per heavy atom. The normalized spacial score (nSPS) is 13.0. The first-order valence-corrected chi connectivity index (χ1v) is 9.89. The Balaban J connectivity index is 1.60. The summed E-state index contributed by atoms with van der Waals surface area (Å²) >= 11 is 0. The lowest BCUT2D eigenvalue weighted by Crippen LogP contribution is -2.43. The number of aryl methyl sites for hydroxylation is 1. The minimum atomic E-state index is -4.55. The van der Waals surface area contributed by atoms with Crippen molar-refractivity contribution >= 4 is 22.5 Å². The zero-order chi connectivity index (χ0) is 23.3. The van der Waals surface area contributed by atoms with Crippen molar-refractivity contribution in [3.8, 4) is 22.4 Å². The molecular formula is C21H17F3N8O. The lowest BCUT2D eigenvalue weighted by molar-refractivity contribution is -0.149. The lowest BCUT2D eigenvalue weighted by atomic mass is 10.0. The van der Waals surface area contributed by atoms with Crippen LogP contribution in [0.1, 0.15) is 17.3 Å². The number of carbonyl (C=O) groups is 1. The fourth-order valence-corrected chi connectivity index (χ4v) is 3.63. The molecule has 2 N–H and O–H groups in total. The molecule has 0 aliphatic heterocycles. The van der Waals surface area contributed by atoms with Gasteiger partial charge in [-0.15, -0.1) is 0 Å². The van der Waals surface area contributed by atoms with E-state index in [0.29, 0.717) is 22.4 Å². The Labute approximate surface area is 184 Å². The van der Waals surface area contributed by atoms with Gasteiger partial charge in [0.2, 0.25) is 0 Å². The van der Waals surface area contributed by atoms with Gasteiger partial charge in [-0.1, -0.05) is 0 Å². The maximum absolute atomic E-state index is 12.9. The van der Waals surface area contributed by atoms with Crippen molar-refractivity contribution in [2.75, 3.05) is 0 Å². The molecule has 0 aromatic carbocycles. The Morgan fingerprint density at radius 2 is 2.00 bits per heavy atom. The van der Waals surface area contributed by atoms with Crippen LogP contribution in [0.5, 0.6) is 0 Å². The lowest BCUT2D eigenvalue weighted by Gasteiger charge is -2.16. The molecule has 5 heterocycles. The van der Waals surface area contributed by atoms with E-state index in [1.54, 1.807) is 42.5 Å². The number of amides is 1. The summed E-state index contributed by atoms with van der Waals surface area (Å²) in [4.78, 5) is 24.4. The van der Waals surface area contributed by atoms with Crippen molar-refractivity contribution in [2.24, 2.45) is 7.05 Å². The van der Waals surface area contributed by atoms with E-state index in [-0.39, 0.29) is 5.56 Å². The van der Waals surface area contributed by atoms with Crippen LogP contribution in [0.4, 0.5) is 13.2 Å². The monoisotopic (exact) mass is 454 g/mol.